The van der Waals surface area contributed by atoms with Crippen molar-refractivity contribution < 1.29 is 28.7 Å². The highest BCUT2D eigenvalue weighted by atomic mass is 16.5. The van der Waals surface area contributed by atoms with Crippen molar-refractivity contribution in [2.75, 3.05) is 26.3 Å². The van der Waals surface area contributed by atoms with Gasteiger partial charge in [0.15, 0.2) is 5.96 Å². The molecular formula is C43H83N5O6. The molecule has 54 heavy (non-hydrogen) atoms. The summed E-state index contributed by atoms with van der Waals surface area (Å²) in [5.74, 6) is -0.811. The van der Waals surface area contributed by atoms with Gasteiger partial charge in [0, 0.05) is 19.5 Å². The lowest BCUT2D eigenvalue weighted by atomic mass is 9.94. The standard InChI is InChI=1S/C43H83N5O6/c1-5-9-13-16-17-21-29-37(28-20-15-11-7-3)42(52)54-35-25-23-32-46-40(50)38(31-33-47-43(44)45)48-39(49)30-22-18-24-34-53-41(51)36(26-12-8-4)27-19-14-10-6-2/h36-38H,5-35H2,1-4H3,(H,46,50)(H,48,49)(H4,44,45,47)/t36?,37?,38-/m0/s1. The fourth-order valence-corrected chi connectivity index (χ4v) is 6.58. The summed E-state index contributed by atoms with van der Waals surface area (Å²) in [6.07, 6.45) is 26.0. The molecule has 6 N–H and O–H groups in total. The predicted octanol–water partition coefficient (Wildman–Crippen LogP) is 8.79. The van der Waals surface area contributed by atoms with Gasteiger partial charge in [0.25, 0.3) is 0 Å². The molecule has 0 aromatic carbocycles. The number of nitrogens with two attached hydrogens (primary N) is 2. The van der Waals surface area contributed by atoms with Crippen LogP contribution in [0.1, 0.15) is 201 Å². The number of hydrogen-bond acceptors (Lipinski definition) is 7. The van der Waals surface area contributed by atoms with Gasteiger partial charge in [-0.3, -0.25) is 24.2 Å². The molecule has 0 bridgehead atoms. The summed E-state index contributed by atoms with van der Waals surface area (Å²) in [6, 6.07) is -0.771. The molecule has 0 saturated carbocycles. The molecule has 0 heterocycles. The lowest BCUT2D eigenvalue weighted by molar-refractivity contribution is -0.150. The minimum absolute atomic E-state index is 0.0191. The van der Waals surface area contributed by atoms with Crippen molar-refractivity contribution in [2.24, 2.45) is 28.3 Å². The normalized spacial score (nSPS) is 12.7. The van der Waals surface area contributed by atoms with E-state index < -0.39 is 6.04 Å². The van der Waals surface area contributed by atoms with Gasteiger partial charge in [0.1, 0.15) is 6.04 Å². The van der Waals surface area contributed by atoms with Gasteiger partial charge >= 0.3 is 11.9 Å². The number of unbranched alkanes of at least 4 members (excludes halogenated alkanes) is 15. The molecule has 11 heteroatoms. The molecule has 0 rings (SSSR count). The summed E-state index contributed by atoms with van der Waals surface area (Å²) in [5.41, 5.74) is 10.9. The lowest BCUT2D eigenvalue weighted by Gasteiger charge is -2.18. The summed E-state index contributed by atoms with van der Waals surface area (Å²) < 4.78 is 11.3. The Morgan fingerprint density at radius 3 is 1.50 bits per heavy atom. The van der Waals surface area contributed by atoms with Gasteiger partial charge in [-0.15, -0.1) is 0 Å². The Morgan fingerprint density at radius 1 is 0.537 bits per heavy atom. The summed E-state index contributed by atoms with van der Waals surface area (Å²) in [6.45, 7) is 10.0. The Morgan fingerprint density at radius 2 is 0.981 bits per heavy atom. The van der Waals surface area contributed by atoms with E-state index in [1.165, 1.54) is 57.8 Å². The molecule has 0 fully saturated rings. The first kappa shape index (κ1) is 51.1. The monoisotopic (exact) mass is 766 g/mol. The first-order chi connectivity index (χ1) is 26.2. The molecule has 3 atom stereocenters. The highest BCUT2D eigenvalue weighted by Gasteiger charge is 2.22. The van der Waals surface area contributed by atoms with E-state index in [4.69, 9.17) is 20.9 Å². The van der Waals surface area contributed by atoms with Gasteiger partial charge in [0.2, 0.25) is 11.8 Å². The number of carbonyl (C=O) groups excluding carboxylic acids is 4. The van der Waals surface area contributed by atoms with Gasteiger partial charge < -0.3 is 31.6 Å². The summed E-state index contributed by atoms with van der Waals surface area (Å²) >= 11 is 0. The third-order valence-corrected chi connectivity index (χ3v) is 10.1. The quantitative estimate of drug-likeness (QED) is 0.0209. The van der Waals surface area contributed by atoms with Crippen molar-refractivity contribution in [2.45, 2.75) is 207 Å². The molecule has 0 saturated heterocycles. The van der Waals surface area contributed by atoms with Crippen LogP contribution in [-0.2, 0) is 28.7 Å². The van der Waals surface area contributed by atoms with E-state index in [0.717, 1.165) is 77.0 Å². The smallest absolute Gasteiger partial charge is 0.308 e. The van der Waals surface area contributed by atoms with E-state index in [1.807, 2.05) is 0 Å². The molecule has 0 aromatic rings. The SMILES string of the molecule is CCCCCCCCC(CCCCCC)C(=O)OCCCCNC(=O)[C@H](CCN=C(N)N)NC(=O)CCCCCOC(=O)C(CCCC)CCCCCC. The number of hydrogen-bond donors (Lipinski definition) is 4. The topological polar surface area (TPSA) is 175 Å². The highest BCUT2D eigenvalue weighted by molar-refractivity contribution is 5.87. The number of guanidine groups is 1. The zero-order valence-corrected chi connectivity index (χ0v) is 35.2. The predicted molar refractivity (Wildman–Crippen MR) is 222 cm³/mol. The van der Waals surface area contributed by atoms with Crippen LogP contribution in [0, 0.1) is 11.8 Å². The number of esters is 2. The van der Waals surface area contributed by atoms with Crippen LogP contribution in [0.2, 0.25) is 0 Å². The van der Waals surface area contributed by atoms with Gasteiger partial charge in [0.05, 0.1) is 25.0 Å². The van der Waals surface area contributed by atoms with E-state index in [2.05, 4.69) is 43.3 Å². The third-order valence-electron chi connectivity index (χ3n) is 10.1. The second kappa shape index (κ2) is 37.1. The molecule has 11 nitrogen and oxygen atoms in total. The maximum atomic E-state index is 13.0. The average Bonchev–Trinajstić information content (AvgIpc) is 3.15. The number of aliphatic imine (C=N–C) groups is 1. The van der Waals surface area contributed by atoms with Crippen molar-refractivity contribution in [3.63, 3.8) is 0 Å². The molecule has 2 amide bonds. The Bertz CT molecular complexity index is 974. The van der Waals surface area contributed by atoms with Crippen LogP contribution in [0.3, 0.4) is 0 Å². The molecule has 2 unspecified atom stereocenters. The average molecular weight is 766 g/mol. The van der Waals surface area contributed by atoms with Crippen LogP contribution in [0.15, 0.2) is 4.99 Å². The Labute approximate surface area is 330 Å². The van der Waals surface area contributed by atoms with Crippen molar-refractivity contribution in [1.29, 1.82) is 0 Å². The number of carbonyl (C=O) groups is 4. The maximum absolute atomic E-state index is 13.0. The number of nitrogens with one attached hydrogen (secondary N) is 2. The molecule has 0 aromatic heterocycles. The van der Waals surface area contributed by atoms with E-state index in [9.17, 15) is 19.2 Å². The van der Waals surface area contributed by atoms with Gasteiger partial charge in [-0.1, -0.05) is 130 Å². The van der Waals surface area contributed by atoms with Gasteiger partial charge in [-0.25, -0.2) is 0 Å². The van der Waals surface area contributed by atoms with Crippen LogP contribution in [0.4, 0.5) is 0 Å². The fraction of sp³-hybridized carbons (Fsp3) is 0.884. The summed E-state index contributed by atoms with van der Waals surface area (Å²) in [7, 11) is 0. The zero-order chi connectivity index (χ0) is 40.1. The van der Waals surface area contributed by atoms with Crippen molar-refractivity contribution in [1.82, 2.24) is 10.6 Å². The number of ether oxygens (including phenoxy) is 2. The molecule has 316 valence electrons. The second-order valence-corrected chi connectivity index (χ2v) is 15.2. The number of rotatable bonds is 38. The maximum Gasteiger partial charge on any atom is 0.308 e. The van der Waals surface area contributed by atoms with Crippen LogP contribution in [0.5, 0.6) is 0 Å². The summed E-state index contributed by atoms with van der Waals surface area (Å²) in [5, 5.41) is 5.75. The van der Waals surface area contributed by atoms with Gasteiger partial charge in [-0.05, 0) is 64.2 Å². The Hall–Kier alpha value is -2.85. The molecule has 0 aliphatic carbocycles. The molecule has 0 aliphatic heterocycles. The largest absolute Gasteiger partial charge is 0.465 e. The Kier molecular flexibility index (Phi) is 35.1. The minimum atomic E-state index is -0.771. The van der Waals surface area contributed by atoms with Crippen LogP contribution in [-0.4, -0.2) is 62.1 Å². The van der Waals surface area contributed by atoms with Crippen LogP contribution >= 0.6 is 0 Å². The highest BCUT2D eigenvalue weighted by Crippen LogP contribution is 2.21. The van der Waals surface area contributed by atoms with Crippen LogP contribution in [0.25, 0.3) is 0 Å². The first-order valence-corrected chi connectivity index (χ1v) is 22.2. The number of amides is 2. The second-order valence-electron chi connectivity index (χ2n) is 15.2. The lowest BCUT2D eigenvalue weighted by Crippen LogP contribution is -2.47. The minimum Gasteiger partial charge on any atom is -0.465 e. The Balaban J connectivity index is 4.62. The molecule has 0 spiro atoms. The van der Waals surface area contributed by atoms with E-state index >= 15 is 0 Å². The third kappa shape index (κ3) is 30.5. The first-order valence-electron chi connectivity index (χ1n) is 22.2. The van der Waals surface area contributed by atoms with Crippen molar-refractivity contribution in [3.8, 4) is 0 Å². The van der Waals surface area contributed by atoms with Crippen molar-refractivity contribution >= 4 is 29.7 Å². The molecule has 0 aliphatic rings. The van der Waals surface area contributed by atoms with E-state index in [-0.39, 0.29) is 60.9 Å². The summed E-state index contributed by atoms with van der Waals surface area (Å²) in [4.78, 5) is 55.4. The van der Waals surface area contributed by atoms with Gasteiger partial charge in [-0.2, -0.15) is 0 Å². The van der Waals surface area contributed by atoms with E-state index in [1.54, 1.807) is 0 Å². The molecule has 0 radical (unpaired) electrons. The molecular weight excluding hydrogens is 683 g/mol. The zero-order valence-electron chi connectivity index (χ0n) is 35.2. The number of nitrogens with zero attached hydrogens (tertiary/aromatic N) is 1. The van der Waals surface area contributed by atoms with Crippen molar-refractivity contribution in [3.05, 3.63) is 0 Å². The van der Waals surface area contributed by atoms with E-state index in [0.29, 0.717) is 45.4 Å². The van der Waals surface area contributed by atoms with Crippen LogP contribution < -0.4 is 22.1 Å². The fourth-order valence-electron chi connectivity index (χ4n) is 6.58.